The van der Waals surface area contributed by atoms with Gasteiger partial charge in [0.15, 0.2) is 5.79 Å². The van der Waals surface area contributed by atoms with Crippen LogP contribution in [0.2, 0.25) is 0 Å². The van der Waals surface area contributed by atoms with E-state index >= 15 is 0 Å². The van der Waals surface area contributed by atoms with Crippen molar-refractivity contribution in [1.29, 1.82) is 0 Å². The molecule has 1 N–H and O–H groups in total. The van der Waals surface area contributed by atoms with Gasteiger partial charge in [-0.15, -0.1) is 0 Å². The van der Waals surface area contributed by atoms with Crippen LogP contribution in [0.1, 0.15) is 12.5 Å². The molecule has 0 saturated carbocycles. The molecule has 0 aliphatic carbocycles. The smallest absolute Gasteiger partial charge is 0.192 e. The van der Waals surface area contributed by atoms with E-state index < -0.39 is 5.79 Å². The predicted molar refractivity (Wildman–Crippen MR) is 47.4 cm³/mol. The highest BCUT2D eigenvalue weighted by molar-refractivity contribution is 5.28. The lowest BCUT2D eigenvalue weighted by Crippen LogP contribution is -2.21. The Labute approximate surface area is 76.9 Å². The zero-order chi connectivity index (χ0) is 9.31. The molecule has 0 atom stereocenters. The Bertz CT molecular complexity index is 286. The van der Waals surface area contributed by atoms with E-state index in [-0.39, 0.29) is 5.75 Å². The van der Waals surface area contributed by atoms with E-state index in [2.05, 4.69) is 0 Å². The molecule has 0 aromatic heterocycles. The van der Waals surface area contributed by atoms with E-state index in [0.29, 0.717) is 13.2 Å². The Morgan fingerprint density at radius 1 is 1.15 bits per heavy atom. The number of phenols is 1. The molecule has 0 bridgehead atoms. The fourth-order valence-electron chi connectivity index (χ4n) is 1.45. The summed E-state index contributed by atoms with van der Waals surface area (Å²) in [7, 11) is 0. The van der Waals surface area contributed by atoms with Crippen molar-refractivity contribution in [3.05, 3.63) is 29.8 Å². The first-order valence-corrected chi connectivity index (χ1v) is 4.28. The van der Waals surface area contributed by atoms with Crippen molar-refractivity contribution in [3.63, 3.8) is 0 Å². The van der Waals surface area contributed by atoms with Crippen LogP contribution in [0.3, 0.4) is 0 Å². The lowest BCUT2D eigenvalue weighted by atomic mass is 10.1. The highest BCUT2D eigenvalue weighted by Gasteiger charge is 2.32. The average Bonchev–Trinajstić information content (AvgIpc) is 2.54. The molecular weight excluding hydrogens is 168 g/mol. The highest BCUT2D eigenvalue weighted by Crippen LogP contribution is 2.31. The van der Waals surface area contributed by atoms with Crippen molar-refractivity contribution in [1.82, 2.24) is 0 Å². The maximum atomic E-state index is 9.10. The second-order valence-corrected chi connectivity index (χ2v) is 3.19. The van der Waals surface area contributed by atoms with Crippen LogP contribution in [0, 0.1) is 0 Å². The van der Waals surface area contributed by atoms with Crippen molar-refractivity contribution in [2.24, 2.45) is 0 Å². The van der Waals surface area contributed by atoms with Gasteiger partial charge in [-0.3, -0.25) is 0 Å². The van der Waals surface area contributed by atoms with Gasteiger partial charge < -0.3 is 14.6 Å². The van der Waals surface area contributed by atoms with Crippen molar-refractivity contribution in [3.8, 4) is 5.75 Å². The largest absolute Gasteiger partial charge is 0.508 e. The van der Waals surface area contributed by atoms with Crippen LogP contribution in [0.4, 0.5) is 0 Å². The van der Waals surface area contributed by atoms with Crippen LogP contribution < -0.4 is 0 Å². The van der Waals surface area contributed by atoms with Gasteiger partial charge in [0.25, 0.3) is 0 Å². The normalized spacial score (nSPS) is 20.4. The van der Waals surface area contributed by atoms with Crippen molar-refractivity contribution in [2.45, 2.75) is 12.7 Å². The van der Waals surface area contributed by atoms with E-state index in [1.807, 2.05) is 6.92 Å². The Hall–Kier alpha value is -1.06. The third kappa shape index (κ3) is 1.53. The Balaban J connectivity index is 2.29. The van der Waals surface area contributed by atoms with Gasteiger partial charge >= 0.3 is 0 Å². The summed E-state index contributed by atoms with van der Waals surface area (Å²) >= 11 is 0. The molecule has 2 rings (SSSR count). The summed E-state index contributed by atoms with van der Waals surface area (Å²) in [5.74, 6) is -0.376. The van der Waals surface area contributed by atoms with Crippen molar-refractivity contribution in [2.75, 3.05) is 13.2 Å². The predicted octanol–water partition coefficient (Wildman–Crippen LogP) is 1.61. The molecule has 1 aromatic carbocycles. The minimum atomic E-state index is -0.631. The van der Waals surface area contributed by atoms with E-state index in [1.54, 1.807) is 24.3 Å². The van der Waals surface area contributed by atoms with Crippen LogP contribution in [-0.4, -0.2) is 18.3 Å². The molecule has 1 saturated heterocycles. The van der Waals surface area contributed by atoms with Crippen LogP contribution >= 0.6 is 0 Å². The van der Waals surface area contributed by atoms with Gasteiger partial charge in [-0.2, -0.15) is 0 Å². The lowest BCUT2D eigenvalue weighted by Gasteiger charge is -2.22. The highest BCUT2D eigenvalue weighted by atomic mass is 16.7. The van der Waals surface area contributed by atoms with E-state index in [1.165, 1.54) is 0 Å². The minimum absolute atomic E-state index is 0.255. The first kappa shape index (κ1) is 8.53. The molecule has 1 heterocycles. The second kappa shape index (κ2) is 3.01. The van der Waals surface area contributed by atoms with Crippen molar-refractivity contribution >= 4 is 0 Å². The Morgan fingerprint density at radius 3 is 2.23 bits per heavy atom. The van der Waals surface area contributed by atoms with Crippen LogP contribution in [0.5, 0.6) is 5.75 Å². The SMILES string of the molecule is CC1(c2ccc(O)cc2)OCCO1. The van der Waals surface area contributed by atoms with Gasteiger partial charge in [0.1, 0.15) is 5.75 Å². The molecule has 1 aromatic rings. The number of benzene rings is 1. The molecule has 70 valence electrons. The summed E-state index contributed by atoms with van der Waals surface area (Å²) in [5, 5.41) is 9.10. The molecule has 1 aliphatic rings. The summed E-state index contributed by atoms with van der Waals surface area (Å²) in [6, 6.07) is 6.87. The molecule has 0 unspecified atom stereocenters. The first-order chi connectivity index (χ1) is 6.21. The molecule has 1 aliphatic heterocycles. The summed E-state index contributed by atoms with van der Waals surface area (Å²) in [6.45, 7) is 3.13. The number of phenolic OH excluding ortho intramolecular Hbond substituents is 1. The van der Waals surface area contributed by atoms with Crippen LogP contribution in [0.25, 0.3) is 0 Å². The molecule has 3 nitrogen and oxygen atoms in total. The summed E-state index contributed by atoms with van der Waals surface area (Å²) in [6.07, 6.45) is 0. The number of rotatable bonds is 1. The average molecular weight is 180 g/mol. The molecule has 0 radical (unpaired) electrons. The van der Waals surface area contributed by atoms with Gasteiger partial charge in [0.2, 0.25) is 0 Å². The van der Waals surface area contributed by atoms with Gasteiger partial charge in [-0.1, -0.05) is 0 Å². The lowest BCUT2D eigenvalue weighted by molar-refractivity contribution is -0.149. The number of ether oxygens (including phenoxy) is 2. The van der Waals surface area contributed by atoms with Gasteiger partial charge in [-0.25, -0.2) is 0 Å². The summed E-state index contributed by atoms with van der Waals surface area (Å²) in [5.41, 5.74) is 0.933. The maximum Gasteiger partial charge on any atom is 0.192 e. The fourth-order valence-corrected chi connectivity index (χ4v) is 1.45. The molecule has 3 heteroatoms. The second-order valence-electron chi connectivity index (χ2n) is 3.19. The van der Waals surface area contributed by atoms with E-state index in [4.69, 9.17) is 14.6 Å². The number of hydrogen-bond acceptors (Lipinski definition) is 3. The van der Waals surface area contributed by atoms with E-state index in [9.17, 15) is 0 Å². The first-order valence-electron chi connectivity index (χ1n) is 4.28. The number of hydrogen-bond donors (Lipinski definition) is 1. The monoisotopic (exact) mass is 180 g/mol. The van der Waals surface area contributed by atoms with Gasteiger partial charge in [-0.05, 0) is 31.2 Å². The molecule has 0 spiro atoms. The summed E-state index contributed by atoms with van der Waals surface area (Å²) in [4.78, 5) is 0. The van der Waals surface area contributed by atoms with Gasteiger partial charge in [0.05, 0.1) is 13.2 Å². The molecule has 0 amide bonds. The quantitative estimate of drug-likeness (QED) is 0.713. The third-order valence-corrected chi connectivity index (χ3v) is 2.23. The Morgan fingerprint density at radius 2 is 1.69 bits per heavy atom. The standard InChI is InChI=1S/C10H12O3/c1-10(12-6-7-13-10)8-2-4-9(11)5-3-8/h2-5,11H,6-7H2,1H3. The topological polar surface area (TPSA) is 38.7 Å². The zero-order valence-electron chi connectivity index (χ0n) is 7.49. The summed E-state index contributed by atoms with van der Waals surface area (Å²) < 4.78 is 10.9. The molecule has 13 heavy (non-hydrogen) atoms. The molecule has 1 fully saturated rings. The van der Waals surface area contributed by atoms with E-state index in [0.717, 1.165) is 5.56 Å². The fraction of sp³-hybridized carbons (Fsp3) is 0.400. The molecular formula is C10H12O3. The van der Waals surface area contributed by atoms with Gasteiger partial charge in [0, 0.05) is 5.56 Å². The third-order valence-electron chi connectivity index (χ3n) is 2.23. The van der Waals surface area contributed by atoms with Crippen LogP contribution in [-0.2, 0) is 15.3 Å². The number of aromatic hydroxyl groups is 1. The maximum absolute atomic E-state index is 9.10. The Kier molecular flexibility index (Phi) is 1.98. The van der Waals surface area contributed by atoms with Crippen molar-refractivity contribution < 1.29 is 14.6 Å². The zero-order valence-corrected chi connectivity index (χ0v) is 7.49. The minimum Gasteiger partial charge on any atom is -0.508 e. The van der Waals surface area contributed by atoms with Crippen LogP contribution in [0.15, 0.2) is 24.3 Å².